The molecule has 0 aliphatic carbocycles. The molecule has 118 valence electrons. The molecule has 0 fully saturated rings. The van der Waals surface area contributed by atoms with E-state index in [0.717, 1.165) is 0 Å². The second-order valence-corrected chi connectivity index (χ2v) is 6.68. The summed E-state index contributed by atoms with van der Waals surface area (Å²) in [5.41, 5.74) is 0.699. The van der Waals surface area contributed by atoms with Gasteiger partial charge in [0.2, 0.25) is 5.91 Å². The van der Waals surface area contributed by atoms with Crippen LogP contribution >= 0.6 is 11.6 Å². The zero-order valence-corrected chi connectivity index (χ0v) is 13.6. The maximum absolute atomic E-state index is 12.4. The zero-order chi connectivity index (χ0) is 17.0. The molecular formula is C15H12ClN3O3S. The van der Waals surface area contributed by atoms with Crippen molar-refractivity contribution in [2.24, 2.45) is 0 Å². The first-order valence-corrected chi connectivity index (χ1v) is 8.28. The van der Waals surface area contributed by atoms with Crippen molar-refractivity contribution in [3.63, 3.8) is 0 Å². The summed E-state index contributed by atoms with van der Waals surface area (Å²) in [5.74, 6) is -0.316. The van der Waals surface area contributed by atoms with Crippen LogP contribution < -0.4 is 10.0 Å². The Morgan fingerprint density at radius 2 is 1.87 bits per heavy atom. The SMILES string of the molecule is CC(=O)Nc1ccc(S(=O)(=O)Nc2ccccc2C#N)cc1Cl. The van der Waals surface area contributed by atoms with Gasteiger partial charge in [0, 0.05) is 6.92 Å². The quantitative estimate of drug-likeness (QED) is 0.886. The van der Waals surface area contributed by atoms with E-state index in [-0.39, 0.29) is 27.1 Å². The molecule has 0 bridgehead atoms. The van der Waals surface area contributed by atoms with Crippen molar-refractivity contribution in [2.45, 2.75) is 11.8 Å². The van der Waals surface area contributed by atoms with E-state index in [9.17, 15) is 13.2 Å². The molecule has 0 aromatic heterocycles. The molecular weight excluding hydrogens is 338 g/mol. The maximum Gasteiger partial charge on any atom is 0.261 e. The van der Waals surface area contributed by atoms with Gasteiger partial charge in [-0.1, -0.05) is 23.7 Å². The first-order valence-electron chi connectivity index (χ1n) is 6.42. The van der Waals surface area contributed by atoms with Crippen LogP contribution in [0.1, 0.15) is 12.5 Å². The molecule has 2 rings (SSSR count). The summed E-state index contributed by atoms with van der Waals surface area (Å²) in [4.78, 5) is 10.9. The lowest BCUT2D eigenvalue weighted by Crippen LogP contribution is -2.14. The van der Waals surface area contributed by atoms with Crippen LogP contribution in [0, 0.1) is 11.3 Å². The van der Waals surface area contributed by atoms with Gasteiger partial charge in [0.05, 0.1) is 26.9 Å². The standard InChI is InChI=1S/C15H12ClN3O3S/c1-10(20)18-15-7-6-12(8-13(15)16)23(21,22)19-14-5-3-2-4-11(14)9-17/h2-8,19H,1H3,(H,18,20). The van der Waals surface area contributed by atoms with E-state index < -0.39 is 10.0 Å². The summed E-state index contributed by atoms with van der Waals surface area (Å²) in [5, 5.41) is 11.6. The summed E-state index contributed by atoms with van der Waals surface area (Å²) in [6.07, 6.45) is 0. The minimum Gasteiger partial charge on any atom is -0.325 e. The topological polar surface area (TPSA) is 99.1 Å². The molecule has 8 heteroatoms. The van der Waals surface area contributed by atoms with E-state index in [1.54, 1.807) is 12.1 Å². The molecule has 23 heavy (non-hydrogen) atoms. The number of hydrogen-bond acceptors (Lipinski definition) is 4. The van der Waals surface area contributed by atoms with Crippen LogP contribution in [0.3, 0.4) is 0 Å². The van der Waals surface area contributed by atoms with Crippen LogP contribution in [0.5, 0.6) is 0 Å². The average Bonchev–Trinajstić information content (AvgIpc) is 2.49. The molecule has 0 saturated heterocycles. The fourth-order valence-corrected chi connectivity index (χ4v) is 3.23. The number of benzene rings is 2. The molecule has 1 amide bonds. The lowest BCUT2D eigenvalue weighted by Gasteiger charge is -2.11. The van der Waals surface area contributed by atoms with Crippen molar-refractivity contribution < 1.29 is 13.2 Å². The monoisotopic (exact) mass is 349 g/mol. The second kappa shape index (κ2) is 6.69. The number of carbonyl (C=O) groups excluding carboxylic acids is 1. The highest BCUT2D eigenvalue weighted by atomic mass is 35.5. The van der Waals surface area contributed by atoms with Crippen LogP contribution in [-0.4, -0.2) is 14.3 Å². The minimum absolute atomic E-state index is 0.0793. The number of carbonyl (C=O) groups is 1. The number of nitrogens with zero attached hydrogens (tertiary/aromatic N) is 1. The molecule has 6 nitrogen and oxygen atoms in total. The number of hydrogen-bond donors (Lipinski definition) is 2. The third-order valence-corrected chi connectivity index (χ3v) is 4.53. The van der Waals surface area contributed by atoms with Crippen LogP contribution in [-0.2, 0) is 14.8 Å². The van der Waals surface area contributed by atoms with E-state index in [0.29, 0.717) is 5.69 Å². The highest BCUT2D eigenvalue weighted by Gasteiger charge is 2.17. The fourth-order valence-electron chi connectivity index (χ4n) is 1.83. The Labute approximate surface area is 138 Å². The Morgan fingerprint density at radius 1 is 1.17 bits per heavy atom. The molecule has 0 saturated carbocycles. The lowest BCUT2D eigenvalue weighted by atomic mass is 10.2. The summed E-state index contributed by atoms with van der Waals surface area (Å²) < 4.78 is 27.1. The van der Waals surface area contributed by atoms with Gasteiger partial charge in [0.1, 0.15) is 6.07 Å². The molecule has 0 spiro atoms. The predicted octanol–water partition coefficient (Wildman–Crippen LogP) is 2.97. The number of sulfonamides is 1. The molecule has 0 aliphatic rings. The molecule has 2 N–H and O–H groups in total. The number of nitrogens with one attached hydrogen (secondary N) is 2. The molecule has 0 atom stereocenters. The fraction of sp³-hybridized carbons (Fsp3) is 0.0667. The first-order chi connectivity index (χ1) is 10.8. The number of anilines is 2. The van der Waals surface area contributed by atoms with Crippen molar-refractivity contribution in [1.29, 1.82) is 5.26 Å². The van der Waals surface area contributed by atoms with E-state index >= 15 is 0 Å². The Balaban J connectivity index is 2.35. The predicted molar refractivity (Wildman–Crippen MR) is 87.7 cm³/mol. The van der Waals surface area contributed by atoms with Crippen molar-refractivity contribution in [2.75, 3.05) is 10.0 Å². The van der Waals surface area contributed by atoms with Crippen molar-refractivity contribution >= 4 is 38.9 Å². The number of amides is 1. The van der Waals surface area contributed by atoms with Gasteiger partial charge in [-0.25, -0.2) is 8.42 Å². The van der Waals surface area contributed by atoms with Gasteiger partial charge >= 0.3 is 0 Å². The highest BCUT2D eigenvalue weighted by Crippen LogP contribution is 2.27. The first kappa shape index (κ1) is 16.8. The molecule has 0 heterocycles. The van der Waals surface area contributed by atoms with Crippen LogP contribution in [0.15, 0.2) is 47.4 Å². The van der Waals surface area contributed by atoms with E-state index in [4.69, 9.17) is 16.9 Å². The number of nitriles is 1. The molecule has 2 aromatic carbocycles. The van der Waals surface area contributed by atoms with Gasteiger partial charge in [-0.2, -0.15) is 5.26 Å². The van der Waals surface area contributed by atoms with Crippen LogP contribution in [0.2, 0.25) is 5.02 Å². The van der Waals surface area contributed by atoms with Gasteiger partial charge in [-0.15, -0.1) is 0 Å². The number of halogens is 1. The highest BCUT2D eigenvalue weighted by molar-refractivity contribution is 7.92. The van der Waals surface area contributed by atoms with E-state index in [2.05, 4.69) is 10.0 Å². The minimum atomic E-state index is -3.91. The zero-order valence-electron chi connectivity index (χ0n) is 12.0. The largest absolute Gasteiger partial charge is 0.325 e. The Bertz CT molecular complexity index is 904. The average molecular weight is 350 g/mol. The summed E-state index contributed by atoms with van der Waals surface area (Å²) in [7, 11) is -3.91. The van der Waals surface area contributed by atoms with Gasteiger partial charge in [-0.05, 0) is 30.3 Å². The molecule has 2 aromatic rings. The number of para-hydroxylation sites is 1. The van der Waals surface area contributed by atoms with Crippen molar-refractivity contribution in [1.82, 2.24) is 0 Å². The second-order valence-electron chi connectivity index (χ2n) is 4.59. The number of rotatable bonds is 4. The summed E-state index contributed by atoms with van der Waals surface area (Å²) in [6, 6.07) is 12.1. The summed E-state index contributed by atoms with van der Waals surface area (Å²) in [6.45, 7) is 1.32. The van der Waals surface area contributed by atoms with Crippen LogP contribution in [0.25, 0.3) is 0 Å². The van der Waals surface area contributed by atoms with Crippen molar-refractivity contribution in [3.05, 3.63) is 53.1 Å². The Morgan fingerprint density at radius 3 is 2.48 bits per heavy atom. The third kappa shape index (κ3) is 4.00. The molecule has 0 unspecified atom stereocenters. The van der Waals surface area contributed by atoms with E-state index in [1.807, 2.05) is 6.07 Å². The normalized spacial score (nSPS) is 10.7. The van der Waals surface area contributed by atoms with Gasteiger partial charge in [-0.3, -0.25) is 9.52 Å². The van der Waals surface area contributed by atoms with Crippen LogP contribution in [0.4, 0.5) is 11.4 Å². The Hall–Kier alpha value is -2.56. The van der Waals surface area contributed by atoms with Crippen molar-refractivity contribution in [3.8, 4) is 6.07 Å². The third-order valence-electron chi connectivity index (χ3n) is 2.85. The van der Waals surface area contributed by atoms with E-state index in [1.165, 1.54) is 37.3 Å². The van der Waals surface area contributed by atoms with Gasteiger partial charge in [0.25, 0.3) is 10.0 Å². The maximum atomic E-state index is 12.4. The molecule has 0 radical (unpaired) electrons. The van der Waals surface area contributed by atoms with Gasteiger partial charge in [0.15, 0.2) is 0 Å². The Kier molecular flexibility index (Phi) is 4.89. The molecule has 0 aliphatic heterocycles. The summed E-state index contributed by atoms with van der Waals surface area (Å²) >= 11 is 5.98. The lowest BCUT2D eigenvalue weighted by molar-refractivity contribution is -0.114. The smallest absolute Gasteiger partial charge is 0.261 e. The van der Waals surface area contributed by atoms with Gasteiger partial charge < -0.3 is 5.32 Å².